The molecule has 0 bridgehead atoms. The number of hydrogen-bond donors (Lipinski definition) is 1. The Morgan fingerprint density at radius 1 is 1.44 bits per heavy atom. The van der Waals surface area contributed by atoms with Crippen molar-refractivity contribution in [3.05, 3.63) is 11.7 Å². The highest BCUT2D eigenvalue weighted by Crippen LogP contribution is 2.19. The van der Waals surface area contributed by atoms with Crippen LogP contribution >= 0.6 is 0 Å². The second-order valence-electron chi connectivity index (χ2n) is 4.88. The first-order chi connectivity index (χ1) is 8.47. The molecule has 1 aliphatic carbocycles. The van der Waals surface area contributed by atoms with Gasteiger partial charge in [-0.1, -0.05) is 18.0 Å². The SMILES string of the molecule is CC(c1noc(CNC2CCCC2)n1)S(C)(=O)=O. The van der Waals surface area contributed by atoms with Crippen LogP contribution in [-0.4, -0.2) is 30.9 Å². The minimum atomic E-state index is -3.18. The average Bonchev–Trinajstić information content (AvgIpc) is 2.95. The lowest BCUT2D eigenvalue weighted by Crippen LogP contribution is -2.25. The maximum atomic E-state index is 11.4. The molecule has 0 spiro atoms. The normalized spacial score (nSPS) is 19.2. The highest BCUT2D eigenvalue weighted by Gasteiger charge is 2.23. The predicted octanol–water partition coefficient (Wildman–Crippen LogP) is 1.21. The zero-order chi connectivity index (χ0) is 13.2. The number of sulfone groups is 1. The van der Waals surface area contributed by atoms with Gasteiger partial charge in [-0.3, -0.25) is 0 Å². The summed E-state index contributed by atoms with van der Waals surface area (Å²) in [6.45, 7) is 2.07. The number of hydrogen-bond acceptors (Lipinski definition) is 6. The van der Waals surface area contributed by atoms with Crippen LogP contribution in [0.2, 0.25) is 0 Å². The first kappa shape index (κ1) is 13.5. The van der Waals surface area contributed by atoms with Crippen LogP contribution in [0, 0.1) is 0 Å². The Morgan fingerprint density at radius 3 is 2.72 bits per heavy atom. The molecule has 0 aliphatic heterocycles. The smallest absolute Gasteiger partial charge is 0.240 e. The van der Waals surface area contributed by atoms with E-state index in [-0.39, 0.29) is 5.82 Å². The fraction of sp³-hybridized carbons (Fsp3) is 0.818. The van der Waals surface area contributed by atoms with Gasteiger partial charge in [0.25, 0.3) is 0 Å². The molecule has 0 amide bonds. The van der Waals surface area contributed by atoms with Gasteiger partial charge in [0, 0.05) is 12.3 Å². The van der Waals surface area contributed by atoms with Crippen molar-refractivity contribution in [2.24, 2.45) is 0 Å². The molecule has 0 radical (unpaired) electrons. The molecule has 0 saturated heterocycles. The number of nitrogens with zero attached hydrogens (tertiary/aromatic N) is 2. The van der Waals surface area contributed by atoms with Crippen LogP contribution in [0.3, 0.4) is 0 Å². The van der Waals surface area contributed by atoms with E-state index in [1.165, 1.54) is 31.9 Å². The molecule has 102 valence electrons. The molecule has 1 N–H and O–H groups in total. The first-order valence-electron chi connectivity index (χ1n) is 6.21. The molecule has 1 saturated carbocycles. The summed E-state index contributed by atoms with van der Waals surface area (Å²) in [5.41, 5.74) is 0. The zero-order valence-electron chi connectivity index (χ0n) is 10.7. The van der Waals surface area contributed by atoms with Gasteiger partial charge in [0.1, 0.15) is 5.25 Å². The van der Waals surface area contributed by atoms with Gasteiger partial charge in [-0.2, -0.15) is 4.98 Å². The molecule has 7 heteroatoms. The lowest BCUT2D eigenvalue weighted by molar-refractivity contribution is 0.353. The lowest BCUT2D eigenvalue weighted by atomic mass is 10.2. The Kier molecular flexibility index (Phi) is 4.01. The summed E-state index contributed by atoms with van der Waals surface area (Å²) in [6.07, 6.45) is 6.06. The van der Waals surface area contributed by atoms with Crippen molar-refractivity contribution in [2.75, 3.05) is 6.26 Å². The van der Waals surface area contributed by atoms with Crippen molar-refractivity contribution in [3.8, 4) is 0 Å². The van der Waals surface area contributed by atoms with Crippen LogP contribution in [0.1, 0.15) is 49.6 Å². The Morgan fingerprint density at radius 2 is 2.11 bits per heavy atom. The summed E-state index contributed by atoms with van der Waals surface area (Å²) in [7, 11) is -3.18. The largest absolute Gasteiger partial charge is 0.338 e. The van der Waals surface area contributed by atoms with Crippen molar-refractivity contribution in [3.63, 3.8) is 0 Å². The average molecular weight is 273 g/mol. The summed E-state index contributed by atoms with van der Waals surface area (Å²) >= 11 is 0. The van der Waals surface area contributed by atoms with E-state index < -0.39 is 15.1 Å². The molecule has 2 rings (SSSR count). The van der Waals surface area contributed by atoms with Gasteiger partial charge >= 0.3 is 0 Å². The molecule has 6 nitrogen and oxygen atoms in total. The summed E-state index contributed by atoms with van der Waals surface area (Å²) in [5, 5.41) is 6.34. The van der Waals surface area contributed by atoms with E-state index in [2.05, 4.69) is 15.5 Å². The third kappa shape index (κ3) is 3.29. The predicted molar refractivity (Wildman–Crippen MR) is 66.7 cm³/mol. The molecule has 1 heterocycles. The van der Waals surface area contributed by atoms with Gasteiger partial charge in [-0.15, -0.1) is 0 Å². The van der Waals surface area contributed by atoms with Crippen LogP contribution in [0.5, 0.6) is 0 Å². The second kappa shape index (κ2) is 5.36. The Hall–Kier alpha value is -0.950. The van der Waals surface area contributed by atoms with Crippen molar-refractivity contribution in [2.45, 2.75) is 50.4 Å². The van der Waals surface area contributed by atoms with Crippen LogP contribution in [0.15, 0.2) is 4.52 Å². The van der Waals surface area contributed by atoms with Gasteiger partial charge < -0.3 is 9.84 Å². The van der Waals surface area contributed by atoms with Crippen LogP contribution < -0.4 is 5.32 Å². The van der Waals surface area contributed by atoms with E-state index in [9.17, 15) is 8.42 Å². The van der Waals surface area contributed by atoms with E-state index in [1.54, 1.807) is 6.92 Å². The third-order valence-electron chi connectivity index (χ3n) is 3.39. The monoisotopic (exact) mass is 273 g/mol. The highest BCUT2D eigenvalue weighted by atomic mass is 32.2. The van der Waals surface area contributed by atoms with Crippen LogP contribution in [-0.2, 0) is 16.4 Å². The quantitative estimate of drug-likeness (QED) is 0.868. The zero-order valence-corrected chi connectivity index (χ0v) is 11.5. The molecule has 1 aromatic rings. The molecule has 1 aliphatic rings. The van der Waals surface area contributed by atoms with Gasteiger partial charge in [0.15, 0.2) is 15.7 Å². The number of nitrogens with one attached hydrogen (secondary N) is 1. The van der Waals surface area contributed by atoms with Crippen molar-refractivity contribution < 1.29 is 12.9 Å². The molecular weight excluding hydrogens is 254 g/mol. The Balaban J connectivity index is 1.93. The van der Waals surface area contributed by atoms with Crippen molar-refractivity contribution in [1.82, 2.24) is 15.5 Å². The summed E-state index contributed by atoms with van der Waals surface area (Å²) in [4.78, 5) is 4.12. The highest BCUT2D eigenvalue weighted by molar-refractivity contribution is 7.90. The third-order valence-corrected chi connectivity index (χ3v) is 4.88. The van der Waals surface area contributed by atoms with Gasteiger partial charge in [0.2, 0.25) is 5.89 Å². The topological polar surface area (TPSA) is 85.1 Å². The van der Waals surface area contributed by atoms with E-state index >= 15 is 0 Å². The van der Waals surface area contributed by atoms with Crippen molar-refractivity contribution >= 4 is 9.84 Å². The second-order valence-corrected chi connectivity index (χ2v) is 7.25. The first-order valence-corrected chi connectivity index (χ1v) is 8.17. The van der Waals surface area contributed by atoms with Gasteiger partial charge in [-0.25, -0.2) is 8.42 Å². The summed E-state index contributed by atoms with van der Waals surface area (Å²) in [5.74, 6) is 0.688. The fourth-order valence-corrected chi connectivity index (χ4v) is 2.54. The fourth-order valence-electron chi connectivity index (χ4n) is 2.06. The van der Waals surface area contributed by atoms with Crippen LogP contribution in [0.25, 0.3) is 0 Å². The van der Waals surface area contributed by atoms with E-state index in [1.807, 2.05) is 0 Å². The summed E-state index contributed by atoms with van der Waals surface area (Å²) in [6, 6.07) is 0.521. The van der Waals surface area contributed by atoms with E-state index in [0.29, 0.717) is 18.5 Å². The molecule has 1 atom stereocenters. The van der Waals surface area contributed by atoms with E-state index in [0.717, 1.165) is 0 Å². The standard InChI is InChI=1S/C11H19N3O3S/c1-8(18(2,15)16)11-13-10(17-14-11)7-12-9-5-3-4-6-9/h8-9,12H,3-7H2,1-2H3. The lowest BCUT2D eigenvalue weighted by Gasteiger charge is -2.08. The van der Waals surface area contributed by atoms with E-state index in [4.69, 9.17) is 4.52 Å². The minimum Gasteiger partial charge on any atom is -0.338 e. The van der Waals surface area contributed by atoms with Gasteiger partial charge in [0.05, 0.1) is 6.54 Å². The molecule has 1 unspecified atom stereocenters. The molecular formula is C11H19N3O3S. The Labute approximate surface area is 107 Å². The maximum Gasteiger partial charge on any atom is 0.240 e. The molecule has 0 aromatic carbocycles. The molecule has 18 heavy (non-hydrogen) atoms. The molecule has 1 fully saturated rings. The van der Waals surface area contributed by atoms with Crippen LogP contribution in [0.4, 0.5) is 0 Å². The minimum absolute atomic E-state index is 0.237. The maximum absolute atomic E-state index is 11.4. The molecule has 1 aromatic heterocycles. The number of aromatic nitrogens is 2. The van der Waals surface area contributed by atoms with Crippen molar-refractivity contribution in [1.29, 1.82) is 0 Å². The van der Waals surface area contributed by atoms with Gasteiger partial charge in [-0.05, 0) is 19.8 Å². The Bertz CT molecular complexity index is 491. The summed E-state index contributed by atoms with van der Waals surface area (Å²) < 4.78 is 27.8. The number of rotatable bonds is 5.